The summed E-state index contributed by atoms with van der Waals surface area (Å²) in [4.78, 5) is 17.5. The summed E-state index contributed by atoms with van der Waals surface area (Å²) in [6.07, 6.45) is 1.31. The maximum absolute atomic E-state index is 12.5. The Morgan fingerprint density at radius 2 is 1.85 bits per heavy atom. The Bertz CT molecular complexity index is 878. The Hall–Kier alpha value is -2.81. The van der Waals surface area contributed by atoms with Crippen molar-refractivity contribution in [1.29, 1.82) is 0 Å². The van der Waals surface area contributed by atoms with Crippen molar-refractivity contribution >= 4 is 27.5 Å². The lowest BCUT2D eigenvalue weighted by atomic mass is 10.2. The van der Waals surface area contributed by atoms with Crippen LogP contribution in [0.5, 0.6) is 5.75 Å². The Kier molecular flexibility index (Phi) is 6.04. The number of carbonyl (C=O) groups is 1. The van der Waals surface area contributed by atoms with Gasteiger partial charge in [0.15, 0.2) is 0 Å². The summed E-state index contributed by atoms with van der Waals surface area (Å²) in [6.45, 7) is 4.94. The zero-order valence-corrected chi connectivity index (χ0v) is 15.6. The Balaban J connectivity index is 2.36. The number of hydrogen-bond donors (Lipinski definition) is 2. The normalized spacial score (nSPS) is 11.0. The topological polar surface area (TPSA) is 109 Å². The number of anilines is 2. The zero-order valence-electron chi connectivity index (χ0n) is 14.8. The molecule has 0 aliphatic rings. The molecule has 1 aromatic carbocycles. The van der Waals surface area contributed by atoms with E-state index in [1.807, 2.05) is 13.8 Å². The van der Waals surface area contributed by atoms with Crippen LogP contribution in [-0.2, 0) is 10.0 Å². The van der Waals surface area contributed by atoms with Crippen LogP contribution < -0.4 is 14.4 Å². The summed E-state index contributed by atoms with van der Waals surface area (Å²) in [6, 6.07) is 7.12. The molecule has 0 amide bonds. The van der Waals surface area contributed by atoms with Gasteiger partial charge >= 0.3 is 5.97 Å². The van der Waals surface area contributed by atoms with Crippen molar-refractivity contribution in [3.8, 4) is 5.75 Å². The number of carboxylic acid groups (broad SMARTS) is 1. The number of carboxylic acids is 1. The molecular formula is C17H21N3O5S. The van der Waals surface area contributed by atoms with Crippen LogP contribution in [0.25, 0.3) is 0 Å². The minimum Gasteiger partial charge on any atom is -0.497 e. The molecule has 2 rings (SSSR count). The van der Waals surface area contributed by atoms with Crippen LogP contribution in [-0.4, -0.2) is 44.7 Å². The summed E-state index contributed by atoms with van der Waals surface area (Å²) < 4.78 is 32.3. The lowest BCUT2D eigenvalue weighted by molar-refractivity contribution is 0.0697. The summed E-state index contributed by atoms with van der Waals surface area (Å²) in [7, 11) is -2.39. The molecule has 140 valence electrons. The first-order valence-electron chi connectivity index (χ1n) is 7.97. The van der Waals surface area contributed by atoms with E-state index in [4.69, 9.17) is 4.74 Å². The molecule has 0 spiro atoms. The monoisotopic (exact) mass is 379 g/mol. The molecule has 0 atom stereocenters. The van der Waals surface area contributed by atoms with Crippen molar-refractivity contribution in [2.45, 2.75) is 18.7 Å². The quantitative estimate of drug-likeness (QED) is 0.725. The number of sulfonamides is 1. The molecule has 2 aromatic rings. The van der Waals surface area contributed by atoms with Crippen molar-refractivity contribution in [3.05, 3.63) is 42.1 Å². The maximum Gasteiger partial charge on any atom is 0.339 e. The van der Waals surface area contributed by atoms with Crippen LogP contribution in [0.1, 0.15) is 24.2 Å². The van der Waals surface area contributed by atoms with Crippen LogP contribution in [0.2, 0.25) is 0 Å². The second-order valence-electron chi connectivity index (χ2n) is 5.35. The molecule has 26 heavy (non-hydrogen) atoms. The average molecular weight is 379 g/mol. The molecule has 0 aliphatic carbocycles. The second kappa shape index (κ2) is 8.05. The number of benzene rings is 1. The van der Waals surface area contributed by atoms with Gasteiger partial charge in [0, 0.05) is 13.1 Å². The third kappa shape index (κ3) is 4.23. The molecule has 9 heteroatoms. The number of methoxy groups -OCH3 is 1. The van der Waals surface area contributed by atoms with Gasteiger partial charge in [0.2, 0.25) is 0 Å². The molecule has 1 aromatic heterocycles. The van der Waals surface area contributed by atoms with E-state index in [0.717, 1.165) is 0 Å². The first kappa shape index (κ1) is 19.5. The molecule has 0 fully saturated rings. The van der Waals surface area contributed by atoms with Gasteiger partial charge in [-0.2, -0.15) is 0 Å². The van der Waals surface area contributed by atoms with Crippen LogP contribution in [0, 0.1) is 0 Å². The number of rotatable bonds is 8. The predicted molar refractivity (Wildman–Crippen MR) is 98.6 cm³/mol. The molecule has 0 saturated heterocycles. The molecule has 0 unspecified atom stereocenters. The van der Waals surface area contributed by atoms with Gasteiger partial charge < -0.3 is 14.7 Å². The van der Waals surface area contributed by atoms with Gasteiger partial charge in [-0.1, -0.05) is 0 Å². The van der Waals surface area contributed by atoms with Crippen molar-refractivity contribution in [2.75, 3.05) is 29.8 Å². The highest BCUT2D eigenvalue weighted by molar-refractivity contribution is 7.92. The standard InChI is InChI=1S/C17H21N3O5S/c1-4-20(5-2)16-15(17(21)22)10-12(11-18-16)19-26(23,24)14-8-6-13(25-3)7-9-14/h6-11,19H,4-5H2,1-3H3,(H,21,22). The summed E-state index contributed by atoms with van der Waals surface area (Å²) in [5, 5.41) is 9.45. The number of nitrogens with zero attached hydrogens (tertiary/aromatic N) is 2. The predicted octanol–water partition coefficient (Wildman–Crippen LogP) is 2.44. The van der Waals surface area contributed by atoms with Gasteiger partial charge in [-0.3, -0.25) is 4.72 Å². The second-order valence-corrected chi connectivity index (χ2v) is 7.04. The highest BCUT2D eigenvalue weighted by atomic mass is 32.2. The van der Waals surface area contributed by atoms with Gasteiger partial charge in [0.05, 0.1) is 23.9 Å². The lowest BCUT2D eigenvalue weighted by Gasteiger charge is -2.22. The van der Waals surface area contributed by atoms with E-state index in [9.17, 15) is 18.3 Å². The molecule has 1 heterocycles. The minimum atomic E-state index is -3.88. The number of pyridine rings is 1. The molecule has 2 N–H and O–H groups in total. The van der Waals surface area contributed by atoms with Crippen LogP contribution in [0.15, 0.2) is 41.4 Å². The highest BCUT2D eigenvalue weighted by Crippen LogP contribution is 2.24. The largest absolute Gasteiger partial charge is 0.497 e. The number of aromatic nitrogens is 1. The van der Waals surface area contributed by atoms with Crippen molar-refractivity contribution in [1.82, 2.24) is 4.98 Å². The van der Waals surface area contributed by atoms with Crippen LogP contribution >= 0.6 is 0 Å². The molecule has 0 aliphatic heterocycles. The molecule has 8 nitrogen and oxygen atoms in total. The number of nitrogens with one attached hydrogen (secondary N) is 1. The number of hydrogen-bond acceptors (Lipinski definition) is 6. The third-order valence-corrected chi connectivity index (χ3v) is 5.18. The van der Waals surface area contributed by atoms with Gasteiger partial charge in [-0.05, 0) is 44.2 Å². The van der Waals surface area contributed by atoms with E-state index in [1.165, 1.54) is 43.6 Å². The number of ether oxygens (including phenoxy) is 1. The van der Waals surface area contributed by atoms with E-state index in [0.29, 0.717) is 24.7 Å². The van der Waals surface area contributed by atoms with Crippen molar-refractivity contribution in [3.63, 3.8) is 0 Å². The zero-order chi connectivity index (χ0) is 19.3. The van der Waals surface area contributed by atoms with Crippen molar-refractivity contribution < 1.29 is 23.1 Å². The van der Waals surface area contributed by atoms with E-state index in [1.54, 1.807) is 4.90 Å². The smallest absolute Gasteiger partial charge is 0.339 e. The maximum atomic E-state index is 12.5. The third-order valence-electron chi connectivity index (χ3n) is 3.78. The fourth-order valence-corrected chi connectivity index (χ4v) is 3.45. The average Bonchev–Trinajstić information content (AvgIpc) is 2.63. The summed E-state index contributed by atoms with van der Waals surface area (Å²) in [5.41, 5.74) is 0.0118. The highest BCUT2D eigenvalue weighted by Gasteiger charge is 2.20. The molecule has 0 radical (unpaired) electrons. The number of aromatic carboxylic acids is 1. The summed E-state index contributed by atoms with van der Waals surface area (Å²) >= 11 is 0. The lowest BCUT2D eigenvalue weighted by Crippen LogP contribution is -2.25. The fourth-order valence-electron chi connectivity index (χ4n) is 2.41. The van der Waals surface area contributed by atoms with Crippen LogP contribution in [0.4, 0.5) is 11.5 Å². The first-order chi connectivity index (χ1) is 12.3. The van der Waals surface area contributed by atoms with E-state index in [2.05, 4.69) is 9.71 Å². The molecule has 0 saturated carbocycles. The van der Waals surface area contributed by atoms with E-state index in [-0.39, 0.29) is 16.1 Å². The van der Waals surface area contributed by atoms with E-state index >= 15 is 0 Å². The van der Waals surface area contributed by atoms with Gasteiger partial charge in [0.1, 0.15) is 17.1 Å². The Labute approximate surface area is 152 Å². The summed E-state index contributed by atoms with van der Waals surface area (Å²) in [5.74, 6) is -0.345. The minimum absolute atomic E-state index is 0.0306. The van der Waals surface area contributed by atoms with E-state index < -0.39 is 16.0 Å². The Morgan fingerprint density at radius 1 is 1.23 bits per heavy atom. The Morgan fingerprint density at radius 3 is 2.35 bits per heavy atom. The van der Waals surface area contributed by atoms with Crippen molar-refractivity contribution in [2.24, 2.45) is 0 Å². The fraction of sp³-hybridized carbons (Fsp3) is 0.294. The molecular weight excluding hydrogens is 358 g/mol. The van der Waals surface area contributed by atoms with Gasteiger partial charge in [-0.25, -0.2) is 18.2 Å². The van der Waals surface area contributed by atoms with Crippen LogP contribution in [0.3, 0.4) is 0 Å². The van der Waals surface area contributed by atoms with Gasteiger partial charge in [-0.15, -0.1) is 0 Å². The SMILES string of the molecule is CCN(CC)c1ncc(NS(=O)(=O)c2ccc(OC)cc2)cc1C(=O)O. The first-order valence-corrected chi connectivity index (χ1v) is 9.45. The molecule has 0 bridgehead atoms. The van der Waals surface area contributed by atoms with Gasteiger partial charge in [0.25, 0.3) is 10.0 Å².